The van der Waals surface area contributed by atoms with Crippen molar-refractivity contribution in [2.75, 3.05) is 19.8 Å². The van der Waals surface area contributed by atoms with Crippen LogP contribution in [0.4, 0.5) is 0 Å². The molecule has 1 aliphatic heterocycles. The Balaban J connectivity index is 1.82. The molecule has 0 aliphatic carbocycles. The molecule has 1 heterocycles. The number of hydrogen-bond donors (Lipinski definition) is 1. The van der Waals surface area contributed by atoms with Gasteiger partial charge >= 0.3 is 0 Å². The fourth-order valence-corrected chi connectivity index (χ4v) is 2.15. The topological polar surface area (TPSA) is 44.5 Å². The fraction of sp³-hybridized carbons (Fsp3) is 0.500. The van der Waals surface area contributed by atoms with E-state index in [1.165, 1.54) is 0 Å². The van der Waals surface area contributed by atoms with E-state index in [1.807, 2.05) is 24.3 Å². The number of halogens is 1. The van der Waals surface area contributed by atoms with E-state index < -0.39 is 0 Å². The summed E-state index contributed by atoms with van der Waals surface area (Å²) in [6.07, 6.45) is 1.04. The number of rotatable bonds is 4. The van der Waals surface area contributed by atoms with Gasteiger partial charge in [0.25, 0.3) is 0 Å². The van der Waals surface area contributed by atoms with Crippen LogP contribution in [0.2, 0.25) is 0 Å². The third-order valence-corrected chi connectivity index (χ3v) is 3.30. The number of benzene rings is 1. The summed E-state index contributed by atoms with van der Waals surface area (Å²) < 4.78 is 12.0. The molecule has 16 heavy (non-hydrogen) atoms. The Morgan fingerprint density at radius 2 is 2.44 bits per heavy atom. The molecular formula is C12H16BrNO2. The highest BCUT2D eigenvalue weighted by atomic mass is 79.9. The summed E-state index contributed by atoms with van der Waals surface area (Å²) in [5, 5.41) is 0. The van der Waals surface area contributed by atoms with Crippen molar-refractivity contribution >= 4 is 15.9 Å². The number of hydrogen-bond acceptors (Lipinski definition) is 3. The SMILES string of the molecule is NC(COc1cccc(Br)c1)C1CCOC1. The minimum atomic E-state index is 0.0569. The van der Waals surface area contributed by atoms with Gasteiger partial charge in [-0.1, -0.05) is 22.0 Å². The summed E-state index contributed by atoms with van der Waals surface area (Å²) in [6.45, 7) is 2.14. The molecule has 2 atom stereocenters. The highest BCUT2D eigenvalue weighted by Gasteiger charge is 2.23. The lowest BCUT2D eigenvalue weighted by Crippen LogP contribution is -2.36. The standard InChI is InChI=1S/C12H16BrNO2/c13-10-2-1-3-11(6-10)16-8-12(14)9-4-5-15-7-9/h1-3,6,9,12H,4-5,7-8,14H2. The first-order valence-corrected chi connectivity index (χ1v) is 6.26. The Hall–Kier alpha value is -0.580. The zero-order chi connectivity index (χ0) is 11.4. The first-order valence-electron chi connectivity index (χ1n) is 5.47. The van der Waals surface area contributed by atoms with Gasteiger partial charge in [0, 0.05) is 23.0 Å². The summed E-state index contributed by atoms with van der Waals surface area (Å²) >= 11 is 3.40. The molecule has 2 unspecified atom stereocenters. The van der Waals surface area contributed by atoms with E-state index >= 15 is 0 Å². The second kappa shape index (κ2) is 5.66. The van der Waals surface area contributed by atoms with Crippen molar-refractivity contribution < 1.29 is 9.47 Å². The minimum Gasteiger partial charge on any atom is -0.492 e. The molecule has 0 aromatic heterocycles. The zero-order valence-corrected chi connectivity index (χ0v) is 10.7. The van der Waals surface area contributed by atoms with Crippen molar-refractivity contribution in [3.05, 3.63) is 28.7 Å². The van der Waals surface area contributed by atoms with Crippen molar-refractivity contribution in [2.45, 2.75) is 12.5 Å². The normalized spacial score (nSPS) is 22.0. The lowest BCUT2D eigenvalue weighted by Gasteiger charge is -2.18. The van der Waals surface area contributed by atoms with E-state index in [4.69, 9.17) is 15.2 Å². The van der Waals surface area contributed by atoms with Crippen LogP contribution in [0, 0.1) is 5.92 Å². The van der Waals surface area contributed by atoms with Crippen molar-refractivity contribution in [3.63, 3.8) is 0 Å². The van der Waals surface area contributed by atoms with Crippen molar-refractivity contribution in [1.82, 2.24) is 0 Å². The molecule has 0 bridgehead atoms. The molecule has 3 nitrogen and oxygen atoms in total. The van der Waals surface area contributed by atoms with E-state index in [0.29, 0.717) is 12.5 Å². The third kappa shape index (κ3) is 3.20. The molecule has 1 aliphatic rings. The molecule has 2 N–H and O–H groups in total. The Bertz CT molecular complexity index is 340. The van der Waals surface area contributed by atoms with Crippen LogP contribution in [-0.2, 0) is 4.74 Å². The first kappa shape index (κ1) is 11.9. The summed E-state index contributed by atoms with van der Waals surface area (Å²) in [4.78, 5) is 0. The van der Waals surface area contributed by atoms with Gasteiger partial charge in [-0.15, -0.1) is 0 Å². The summed E-state index contributed by atoms with van der Waals surface area (Å²) in [6, 6.07) is 7.85. The lowest BCUT2D eigenvalue weighted by atomic mass is 10.0. The second-order valence-electron chi connectivity index (χ2n) is 4.06. The molecule has 1 saturated heterocycles. The maximum Gasteiger partial charge on any atom is 0.120 e. The highest BCUT2D eigenvalue weighted by Crippen LogP contribution is 2.20. The van der Waals surface area contributed by atoms with Crippen LogP contribution in [0.3, 0.4) is 0 Å². The second-order valence-corrected chi connectivity index (χ2v) is 4.97. The molecule has 0 saturated carbocycles. The summed E-state index contributed by atoms with van der Waals surface area (Å²) in [5.41, 5.74) is 6.05. The Labute approximate surface area is 104 Å². The summed E-state index contributed by atoms with van der Waals surface area (Å²) in [5.74, 6) is 1.29. The molecule has 88 valence electrons. The van der Waals surface area contributed by atoms with Gasteiger partial charge in [0.05, 0.1) is 6.61 Å². The van der Waals surface area contributed by atoms with Crippen molar-refractivity contribution in [3.8, 4) is 5.75 Å². The molecule has 0 amide bonds. The molecule has 1 aromatic rings. The van der Waals surface area contributed by atoms with Gasteiger partial charge in [-0.25, -0.2) is 0 Å². The van der Waals surface area contributed by atoms with Crippen LogP contribution in [0.15, 0.2) is 28.7 Å². The lowest BCUT2D eigenvalue weighted by molar-refractivity contribution is 0.170. The van der Waals surface area contributed by atoms with Gasteiger partial charge in [-0.3, -0.25) is 0 Å². The van der Waals surface area contributed by atoms with Gasteiger partial charge in [0.2, 0.25) is 0 Å². The van der Waals surface area contributed by atoms with Gasteiger partial charge in [0.15, 0.2) is 0 Å². The molecule has 4 heteroatoms. The van der Waals surface area contributed by atoms with Gasteiger partial charge in [0.1, 0.15) is 12.4 Å². The van der Waals surface area contributed by atoms with Gasteiger partial charge < -0.3 is 15.2 Å². The summed E-state index contributed by atoms with van der Waals surface area (Å²) in [7, 11) is 0. The van der Waals surface area contributed by atoms with Crippen LogP contribution in [-0.4, -0.2) is 25.9 Å². The fourth-order valence-electron chi connectivity index (χ4n) is 1.78. The average Bonchev–Trinajstić information content (AvgIpc) is 2.79. The molecular weight excluding hydrogens is 270 g/mol. The van der Waals surface area contributed by atoms with Gasteiger partial charge in [-0.05, 0) is 24.6 Å². The van der Waals surface area contributed by atoms with E-state index in [1.54, 1.807) is 0 Å². The zero-order valence-electron chi connectivity index (χ0n) is 9.06. The largest absolute Gasteiger partial charge is 0.492 e. The van der Waals surface area contributed by atoms with Crippen LogP contribution < -0.4 is 10.5 Å². The molecule has 2 rings (SSSR count). The Morgan fingerprint density at radius 3 is 3.12 bits per heavy atom. The maximum atomic E-state index is 6.05. The van der Waals surface area contributed by atoms with Crippen LogP contribution in [0.25, 0.3) is 0 Å². The Kier molecular flexibility index (Phi) is 4.21. The predicted molar refractivity (Wildman–Crippen MR) is 66.5 cm³/mol. The first-order chi connectivity index (χ1) is 7.75. The molecule has 0 spiro atoms. The van der Waals surface area contributed by atoms with E-state index in [9.17, 15) is 0 Å². The number of ether oxygens (including phenoxy) is 2. The smallest absolute Gasteiger partial charge is 0.120 e. The van der Waals surface area contributed by atoms with E-state index in [-0.39, 0.29) is 6.04 Å². The highest BCUT2D eigenvalue weighted by molar-refractivity contribution is 9.10. The maximum absolute atomic E-state index is 6.05. The quantitative estimate of drug-likeness (QED) is 0.922. The third-order valence-electron chi connectivity index (χ3n) is 2.81. The minimum absolute atomic E-state index is 0.0569. The molecule has 1 fully saturated rings. The molecule has 1 aromatic carbocycles. The van der Waals surface area contributed by atoms with Crippen LogP contribution in [0.5, 0.6) is 5.75 Å². The van der Waals surface area contributed by atoms with Crippen molar-refractivity contribution in [2.24, 2.45) is 11.7 Å². The predicted octanol–water partition coefficient (Wildman–Crippen LogP) is 2.19. The van der Waals surface area contributed by atoms with E-state index in [0.717, 1.165) is 29.9 Å². The van der Waals surface area contributed by atoms with Crippen molar-refractivity contribution in [1.29, 1.82) is 0 Å². The molecule has 0 radical (unpaired) electrons. The van der Waals surface area contributed by atoms with E-state index in [2.05, 4.69) is 15.9 Å². The van der Waals surface area contributed by atoms with Crippen LogP contribution >= 0.6 is 15.9 Å². The Morgan fingerprint density at radius 1 is 1.56 bits per heavy atom. The average molecular weight is 286 g/mol. The number of nitrogens with two attached hydrogens (primary N) is 1. The van der Waals surface area contributed by atoms with Crippen LogP contribution in [0.1, 0.15) is 6.42 Å². The van der Waals surface area contributed by atoms with Gasteiger partial charge in [-0.2, -0.15) is 0 Å². The monoisotopic (exact) mass is 285 g/mol.